The van der Waals surface area contributed by atoms with E-state index in [1.165, 1.54) is 0 Å². The molecule has 1 saturated heterocycles. The number of carbonyl (C=O) groups is 1. The first kappa shape index (κ1) is 17.6. The van der Waals surface area contributed by atoms with E-state index in [4.69, 9.17) is 0 Å². The van der Waals surface area contributed by atoms with E-state index in [2.05, 4.69) is 26.9 Å². The summed E-state index contributed by atoms with van der Waals surface area (Å²) in [6.07, 6.45) is 8.71. The van der Waals surface area contributed by atoms with Gasteiger partial charge < -0.3 is 9.80 Å². The highest BCUT2D eigenvalue weighted by Crippen LogP contribution is 2.20. The van der Waals surface area contributed by atoms with Gasteiger partial charge in [-0.3, -0.25) is 14.5 Å². The summed E-state index contributed by atoms with van der Waals surface area (Å²) in [5.74, 6) is 0.229. The van der Waals surface area contributed by atoms with Crippen LogP contribution in [0.2, 0.25) is 0 Å². The van der Waals surface area contributed by atoms with E-state index >= 15 is 0 Å². The van der Waals surface area contributed by atoms with Gasteiger partial charge in [0.15, 0.2) is 0 Å². The van der Waals surface area contributed by atoms with Crippen LogP contribution in [-0.4, -0.2) is 56.7 Å². The minimum atomic E-state index is 0.229. The highest BCUT2D eigenvalue weighted by Gasteiger charge is 2.27. The van der Waals surface area contributed by atoms with Gasteiger partial charge in [0, 0.05) is 50.3 Å². The van der Waals surface area contributed by atoms with Crippen molar-refractivity contribution >= 4 is 5.91 Å². The largest absolute Gasteiger partial charge is 0.335 e. The fraction of sp³-hybridized carbons (Fsp3) is 0.526. The third-order valence-electron chi connectivity index (χ3n) is 5.07. The Morgan fingerprint density at radius 3 is 2.52 bits per heavy atom. The molecule has 25 heavy (non-hydrogen) atoms. The molecule has 0 saturated carbocycles. The molecule has 0 N–H and O–H groups in total. The second kappa shape index (κ2) is 8.25. The molecule has 3 rings (SSSR count). The molecule has 134 valence electrons. The Morgan fingerprint density at radius 2 is 1.88 bits per heavy atom. The zero-order chi connectivity index (χ0) is 17.6. The molecule has 0 aromatic carbocycles. The minimum Gasteiger partial charge on any atom is -0.335 e. The normalized spacial score (nSPS) is 16.1. The SMILES string of the molecule is CN1CCC(N(Cc2ccncc2)C(=O)CCc2ccnn2C)CC1. The summed E-state index contributed by atoms with van der Waals surface area (Å²) in [6, 6.07) is 6.30. The highest BCUT2D eigenvalue weighted by atomic mass is 16.2. The fourth-order valence-electron chi connectivity index (χ4n) is 3.44. The number of aryl methyl sites for hydroxylation is 2. The molecule has 3 heterocycles. The lowest BCUT2D eigenvalue weighted by molar-refractivity contribution is -0.135. The molecule has 0 atom stereocenters. The Kier molecular flexibility index (Phi) is 5.81. The molecule has 1 aliphatic heterocycles. The van der Waals surface area contributed by atoms with E-state index < -0.39 is 0 Å². The van der Waals surface area contributed by atoms with Gasteiger partial charge in [-0.1, -0.05) is 0 Å². The number of nitrogens with zero attached hydrogens (tertiary/aromatic N) is 5. The van der Waals surface area contributed by atoms with Crippen molar-refractivity contribution in [2.24, 2.45) is 7.05 Å². The molecule has 0 unspecified atom stereocenters. The molecule has 1 fully saturated rings. The van der Waals surface area contributed by atoms with E-state index in [0.717, 1.165) is 43.6 Å². The topological polar surface area (TPSA) is 54.3 Å². The van der Waals surface area contributed by atoms with Crippen LogP contribution in [0.3, 0.4) is 0 Å². The van der Waals surface area contributed by atoms with Gasteiger partial charge in [0.2, 0.25) is 5.91 Å². The Balaban J connectivity index is 1.68. The molecular formula is C19H27N5O. The maximum absolute atomic E-state index is 13.0. The maximum Gasteiger partial charge on any atom is 0.223 e. The van der Waals surface area contributed by atoms with Gasteiger partial charge >= 0.3 is 0 Å². The molecule has 0 spiro atoms. The van der Waals surface area contributed by atoms with Crippen molar-refractivity contribution < 1.29 is 4.79 Å². The Bertz CT molecular complexity index is 676. The number of carbonyl (C=O) groups excluding carboxylic acids is 1. The van der Waals surface area contributed by atoms with Crippen LogP contribution in [0.25, 0.3) is 0 Å². The third-order valence-corrected chi connectivity index (χ3v) is 5.07. The van der Waals surface area contributed by atoms with Crippen LogP contribution in [0.15, 0.2) is 36.8 Å². The van der Waals surface area contributed by atoms with Crippen molar-refractivity contribution in [3.05, 3.63) is 48.0 Å². The Labute approximate surface area is 149 Å². The van der Waals surface area contributed by atoms with Gasteiger partial charge in [0.25, 0.3) is 0 Å². The molecule has 2 aromatic heterocycles. The fourth-order valence-corrected chi connectivity index (χ4v) is 3.44. The smallest absolute Gasteiger partial charge is 0.223 e. The highest BCUT2D eigenvalue weighted by molar-refractivity contribution is 5.76. The molecule has 2 aromatic rings. The van der Waals surface area contributed by atoms with Crippen LogP contribution in [0, 0.1) is 0 Å². The molecule has 0 aliphatic carbocycles. The summed E-state index contributed by atoms with van der Waals surface area (Å²) in [4.78, 5) is 21.5. The average Bonchev–Trinajstić information content (AvgIpc) is 3.04. The van der Waals surface area contributed by atoms with Crippen LogP contribution in [0.4, 0.5) is 0 Å². The summed E-state index contributed by atoms with van der Waals surface area (Å²) in [6.45, 7) is 2.76. The monoisotopic (exact) mass is 341 g/mol. The molecule has 1 amide bonds. The van der Waals surface area contributed by atoms with E-state index in [1.807, 2.05) is 29.9 Å². The molecule has 6 heteroatoms. The number of rotatable bonds is 6. The second-order valence-electron chi connectivity index (χ2n) is 6.86. The summed E-state index contributed by atoms with van der Waals surface area (Å²) in [7, 11) is 4.07. The molecule has 0 bridgehead atoms. The number of likely N-dealkylation sites (tertiary alicyclic amines) is 1. The van der Waals surface area contributed by atoms with Crippen molar-refractivity contribution in [2.75, 3.05) is 20.1 Å². The predicted octanol–water partition coefficient (Wildman–Crippen LogP) is 1.87. The lowest BCUT2D eigenvalue weighted by Crippen LogP contribution is -2.46. The van der Waals surface area contributed by atoms with E-state index in [9.17, 15) is 4.79 Å². The third kappa shape index (κ3) is 4.66. The van der Waals surface area contributed by atoms with Gasteiger partial charge in [-0.15, -0.1) is 0 Å². The van der Waals surface area contributed by atoms with Gasteiger partial charge in [-0.25, -0.2) is 0 Å². The maximum atomic E-state index is 13.0. The molecule has 1 aliphatic rings. The van der Waals surface area contributed by atoms with Gasteiger partial charge in [-0.05, 0) is 63.2 Å². The van der Waals surface area contributed by atoms with Crippen LogP contribution < -0.4 is 0 Å². The summed E-state index contributed by atoms with van der Waals surface area (Å²) < 4.78 is 1.84. The number of pyridine rings is 1. The van der Waals surface area contributed by atoms with E-state index in [1.54, 1.807) is 18.6 Å². The number of amides is 1. The first-order valence-corrected chi connectivity index (χ1v) is 8.97. The van der Waals surface area contributed by atoms with Crippen LogP contribution >= 0.6 is 0 Å². The van der Waals surface area contributed by atoms with Crippen molar-refractivity contribution in [1.82, 2.24) is 24.6 Å². The van der Waals surface area contributed by atoms with Gasteiger partial charge in [0.05, 0.1) is 0 Å². The van der Waals surface area contributed by atoms with E-state index in [0.29, 0.717) is 19.0 Å². The van der Waals surface area contributed by atoms with Crippen molar-refractivity contribution in [3.8, 4) is 0 Å². The van der Waals surface area contributed by atoms with Crippen molar-refractivity contribution in [1.29, 1.82) is 0 Å². The minimum absolute atomic E-state index is 0.229. The second-order valence-corrected chi connectivity index (χ2v) is 6.86. The lowest BCUT2D eigenvalue weighted by Gasteiger charge is -2.37. The number of hydrogen-bond acceptors (Lipinski definition) is 4. The van der Waals surface area contributed by atoms with Crippen LogP contribution in [-0.2, 0) is 24.8 Å². The lowest BCUT2D eigenvalue weighted by atomic mass is 10.0. The average molecular weight is 341 g/mol. The van der Waals surface area contributed by atoms with Crippen molar-refractivity contribution in [3.63, 3.8) is 0 Å². The number of piperidine rings is 1. The molecular weight excluding hydrogens is 314 g/mol. The Morgan fingerprint density at radius 1 is 1.16 bits per heavy atom. The number of hydrogen-bond donors (Lipinski definition) is 0. The van der Waals surface area contributed by atoms with E-state index in [-0.39, 0.29) is 5.91 Å². The zero-order valence-corrected chi connectivity index (χ0v) is 15.1. The van der Waals surface area contributed by atoms with Gasteiger partial charge in [0.1, 0.15) is 0 Å². The zero-order valence-electron chi connectivity index (χ0n) is 15.1. The molecule has 6 nitrogen and oxygen atoms in total. The summed E-state index contributed by atoms with van der Waals surface area (Å²) >= 11 is 0. The first-order chi connectivity index (χ1) is 12.1. The molecule has 0 radical (unpaired) electrons. The summed E-state index contributed by atoms with van der Waals surface area (Å²) in [5, 5.41) is 4.18. The summed E-state index contributed by atoms with van der Waals surface area (Å²) in [5.41, 5.74) is 2.24. The van der Waals surface area contributed by atoms with Crippen LogP contribution in [0.5, 0.6) is 0 Å². The van der Waals surface area contributed by atoms with Crippen molar-refractivity contribution in [2.45, 2.75) is 38.3 Å². The first-order valence-electron chi connectivity index (χ1n) is 8.97. The quantitative estimate of drug-likeness (QED) is 0.805. The Hall–Kier alpha value is -2.21. The predicted molar refractivity (Wildman–Crippen MR) is 96.8 cm³/mol. The standard InChI is InChI=1S/C19H27N5O/c1-22-13-8-18(9-14-22)24(15-16-5-10-20-11-6-16)19(25)4-3-17-7-12-21-23(17)2/h5-7,10-12,18H,3-4,8-9,13-15H2,1-2H3. The number of aromatic nitrogens is 3. The van der Waals surface area contributed by atoms with Gasteiger partial charge in [-0.2, -0.15) is 5.10 Å². The van der Waals surface area contributed by atoms with Crippen LogP contribution in [0.1, 0.15) is 30.5 Å².